The van der Waals surface area contributed by atoms with Crippen LogP contribution in [0.5, 0.6) is 0 Å². The molecule has 3 aliphatic rings. The highest BCUT2D eigenvalue weighted by Crippen LogP contribution is 2.56. The Morgan fingerprint density at radius 3 is 1.89 bits per heavy atom. The number of hydrogen-bond donors (Lipinski definition) is 0. The summed E-state index contributed by atoms with van der Waals surface area (Å²) in [5.41, 5.74) is 20.3. The van der Waals surface area contributed by atoms with Gasteiger partial charge in [0, 0.05) is 68.2 Å². The average molecular weight is 865 g/mol. The molecule has 2 nitrogen and oxygen atoms in total. The van der Waals surface area contributed by atoms with Crippen LogP contribution in [0.15, 0.2) is 121 Å². The molecule has 13 rings (SSSR count). The molecule has 314 valence electrons. The van der Waals surface area contributed by atoms with Crippen LogP contribution in [0, 0.1) is 0 Å². The second kappa shape index (κ2) is 12.4. The summed E-state index contributed by atoms with van der Waals surface area (Å²) < 4.78 is 8.16. The Bertz CT molecular complexity index is 3700. The fraction of sp³-hybridized carbons (Fsp3) is 0.254. The van der Waals surface area contributed by atoms with Crippen molar-refractivity contribution in [3.05, 3.63) is 149 Å². The number of fused-ring (bicyclic) bond motifs is 16. The second-order valence-corrected chi connectivity index (χ2v) is 24.8. The van der Waals surface area contributed by atoms with Gasteiger partial charge < -0.3 is 9.38 Å². The largest absolute Gasteiger partial charge is 0.376 e. The van der Waals surface area contributed by atoms with Gasteiger partial charge in [-0.05, 0) is 121 Å². The smallest absolute Gasteiger partial charge is 0.343 e. The highest BCUT2D eigenvalue weighted by atomic mass is 32.1. The third-order valence-electron chi connectivity index (χ3n) is 15.2. The van der Waals surface area contributed by atoms with Crippen LogP contribution in [0.2, 0.25) is 0 Å². The number of nitrogens with zero attached hydrogens (tertiary/aromatic N) is 2. The zero-order valence-corrected chi connectivity index (χ0v) is 40.5. The molecule has 0 saturated carbocycles. The van der Waals surface area contributed by atoms with Crippen molar-refractivity contribution in [3.8, 4) is 27.9 Å². The van der Waals surface area contributed by atoms with Gasteiger partial charge in [-0.25, -0.2) is 0 Å². The zero-order chi connectivity index (χ0) is 44.1. The molecular formula is C59H53BN2S2. The Balaban J connectivity index is 1.18. The molecule has 0 atom stereocenters. The molecule has 0 unspecified atom stereocenters. The van der Waals surface area contributed by atoms with Gasteiger partial charge in [0.05, 0.1) is 16.7 Å². The monoisotopic (exact) mass is 864 g/mol. The Labute approximate surface area is 385 Å². The van der Waals surface area contributed by atoms with Gasteiger partial charge in [-0.1, -0.05) is 143 Å². The van der Waals surface area contributed by atoms with Crippen molar-refractivity contribution in [3.63, 3.8) is 0 Å². The predicted molar refractivity (Wildman–Crippen MR) is 282 cm³/mol. The van der Waals surface area contributed by atoms with Crippen molar-refractivity contribution >= 4 is 103 Å². The maximum absolute atomic E-state index is 2.75. The molecule has 0 radical (unpaired) electrons. The van der Waals surface area contributed by atoms with Gasteiger partial charge >= 0.3 is 6.85 Å². The van der Waals surface area contributed by atoms with E-state index >= 15 is 0 Å². The molecule has 0 bridgehead atoms. The first kappa shape index (κ1) is 38.8. The highest BCUT2D eigenvalue weighted by Gasteiger charge is 2.47. The number of thiophene rings is 2. The van der Waals surface area contributed by atoms with Gasteiger partial charge in [0.1, 0.15) is 0 Å². The van der Waals surface area contributed by atoms with Crippen molar-refractivity contribution in [2.24, 2.45) is 0 Å². The van der Waals surface area contributed by atoms with Gasteiger partial charge in [0.15, 0.2) is 0 Å². The zero-order valence-electron chi connectivity index (χ0n) is 38.8. The normalized spacial score (nSPS) is 15.2. The molecular weight excluding hydrogens is 812 g/mol. The fourth-order valence-electron chi connectivity index (χ4n) is 11.7. The maximum Gasteiger partial charge on any atom is 0.343 e. The first-order chi connectivity index (χ1) is 30.4. The minimum atomic E-state index is -0.158. The predicted octanol–water partition coefficient (Wildman–Crippen LogP) is 15.8. The van der Waals surface area contributed by atoms with E-state index in [0.29, 0.717) is 0 Å². The van der Waals surface area contributed by atoms with E-state index in [1.165, 1.54) is 129 Å². The van der Waals surface area contributed by atoms with Crippen LogP contribution in [-0.2, 0) is 21.7 Å². The van der Waals surface area contributed by atoms with Gasteiger partial charge in [-0.2, -0.15) is 0 Å². The minimum Gasteiger partial charge on any atom is -0.376 e. The molecule has 5 heteroatoms. The van der Waals surface area contributed by atoms with Gasteiger partial charge in [0.25, 0.3) is 0 Å². The molecule has 7 aromatic carbocycles. The van der Waals surface area contributed by atoms with Gasteiger partial charge in [0.2, 0.25) is 0 Å². The van der Waals surface area contributed by atoms with Crippen molar-refractivity contribution in [2.45, 2.75) is 97.8 Å². The molecule has 0 fully saturated rings. The SMILES string of the molecule is CC(C)(C)c1ccc(N2B3c4sc5ccc(C(C)(C)C)cc5c4-n4c5cc6sc7ccccc7c6cc5c5ccc(c3c54)-c3cc4c(cc32)C(C)(C)c2cc(C(C)(C)C)ccc2-4)cc1. The van der Waals surface area contributed by atoms with Gasteiger partial charge in [-0.15, -0.1) is 22.7 Å². The molecule has 0 spiro atoms. The van der Waals surface area contributed by atoms with Crippen LogP contribution in [-0.4, -0.2) is 11.4 Å². The van der Waals surface area contributed by atoms with E-state index in [2.05, 4.69) is 207 Å². The lowest BCUT2D eigenvalue weighted by atomic mass is 9.47. The van der Waals surface area contributed by atoms with E-state index in [-0.39, 0.29) is 28.5 Å². The molecule has 5 heterocycles. The van der Waals surface area contributed by atoms with Crippen LogP contribution < -0.4 is 15.1 Å². The lowest BCUT2D eigenvalue weighted by Gasteiger charge is -2.41. The topological polar surface area (TPSA) is 8.17 Å². The Morgan fingerprint density at radius 2 is 1.14 bits per heavy atom. The molecule has 0 saturated heterocycles. The fourth-order valence-corrected chi connectivity index (χ4v) is 14.0. The summed E-state index contributed by atoms with van der Waals surface area (Å²) in [6.07, 6.45) is 0. The van der Waals surface area contributed by atoms with E-state index in [1.807, 2.05) is 22.7 Å². The van der Waals surface area contributed by atoms with Crippen LogP contribution in [0.25, 0.3) is 80.0 Å². The molecule has 0 amide bonds. The number of rotatable bonds is 1. The van der Waals surface area contributed by atoms with E-state index in [4.69, 9.17) is 0 Å². The number of hydrogen-bond acceptors (Lipinski definition) is 3. The van der Waals surface area contributed by atoms with E-state index in [0.717, 1.165) is 0 Å². The number of aromatic nitrogens is 1. The summed E-state index contributed by atoms with van der Waals surface area (Å²) in [6.45, 7) is 25.9. The quantitative estimate of drug-likeness (QED) is 0.149. The second-order valence-electron chi connectivity index (χ2n) is 22.6. The Hall–Kier alpha value is -5.62. The van der Waals surface area contributed by atoms with Crippen molar-refractivity contribution in [2.75, 3.05) is 4.81 Å². The maximum atomic E-state index is 2.75. The summed E-state index contributed by atoms with van der Waals surface area (Å²) in [5.74, 6) is 0. The molecule has 64 heavy (non-hydrogen) atoms. The number of benzene rings is 7. The third-order valence-corrected chi connectivity index (χ3v) is 17.6. The molecule has 1 aliphatic carbocycles. The van der Waals surface area contributed by atoms with Crippen LogP contribution in [0.4, 0.5) is 11.4 Å². The summed E-state index contributed by atoms with van der Waals surface area (Å²) >= 11 is 3.92. The van der Waals surface area contributed by atoms with Crippen LogP contribution in [0.3, 0.4) is 0 Å². The summed E-state index contributed by atoms with van der Waals surface area (Å²) in [4.78, 5) is 2.75. The highest BCUT2D eigenvalue weighted by molar-refractivity contribution is 7.32. The van der Waals surface area contributed by atoms with Crippen molar-refractivity contribution in [1.29, 1.82) is 0 Å². The first-order valence-corrected chi connectivity index (χ1v) is 24.7. The molecule has 0 N–H and O–H groups in total. The summed E-state index contributed by atoms with van der Waals surface area (Å²) in [7, 11) is 0. The molecule has 10 aromatic rings. The Kier molecular flexibility index (Phi) is 7.51. The standard InChI is InChI=1S/C59H53BN2S2/c1-56(2,3)32-16-20-35(21-17-32)62-48-30-46-40(36-22-18-34(58(7,8)9)27-45(36)59(46,10)11)28-41(48)38-23-24-39-42-29-43-37-14-12-13-15-49(37)63-51(43)31-47(42)61-53(39)52(38)60(62)55-54(61)44-26-33(57(4,5)6)19-25-50(44)64-55/h12-31H,1-11H3. The molecule has 2 aliphatic heterocycles. The van der Waals surface area contributed by atoms with Crippen LogP contribution in [0.1, 0.15) is 104 Å². The van der Waals surface area contributed by atoms with Gasteiger partial charge in [-0.3, -0.25) is 0 Å². The lowest BCUT2D eigenvalue weighted by molar-refractivity contribution is 0.584. The van der Waals surface area contributed by atoms with E-state index in [9.17, 15) is 0 Å². The first-order valence-electron chi connectivity index (χ1n) is 23.1. The Morgan fingerprint density at radius 1 is 0.484 bits per heavy atom. The molecule has 3 aromatic heterocycles. The lowest BCUT2D eigenvalue weighted by Crippen LogP contribution is -2.59. The third kappa shape index (κ3) is 5.09. The van der Waals surface area contributed by atoms with Crippen LogP contribution >= 0.6 is 22.7 Å². The van der Waals surface area contributed by atoms with E-state index in [1.54, 1.807) is 0 Å². The van der Waals surface area contributed by atoms with Crippen molar-refractivity contribution < 1.29 is 0 Å². The van der Waals surface area contributed by atoms with Crippen molar-refractivity contribution in [1.82, 2.24) is 4.57 Å². The minimum absolute atomic E-state index is 0.0170. The summed E-state index contributed by atoms with van der Waals surface area (Å²) in [6, 6.07) is 48.3. The summed E-state index contributed by atoms with van der Waals surface area (Å²) in [5, 5.41) is 6.72. The van der Waals surface area contributed by atoms with E-state index < -0.39 is 0 Å². The number of anilines is 2. The average Bonchev–Trinajstić information content (AvgIpc) is 3.97.